The number of rotatable bonds is 4. The lowest BCUT2D eigenvalue weighted by Crippen LogP contribution is -2.03. The SMILES string of the molecule is COCOc1cc(Cl)cc(C(=O)OC)c1. The summed E-state index contributed by atoms with van der Waals surface area (Å²) in [5, 5.41) is 0.406. The van der Waals surface area contributed by atoms with E-state index in [1.54, 1.807) is 6.07 Å². The van der Waals surface area contributed by atoms with E-state index < -0.39 is 5.97 Å². The zero-order valence-corrected chi connectivity index (χ0v) is 9.21. The normalized spacial score (nSPS) is 9.80. The van der Waals surface area contributed by atoms with E-state index in [9.17, 15) is 4.79 Å². The number of benzene rings is 1. The molecule has 82 valence electrons. The highest BCUT2D eigenvalue weighted by Crippen LogP contribution is 2.21. The van der Waals surface area contributed by atoms with Gasteiger partial charge in [-0.2, -0.15) is 0 Å². The molecule has 0 N–H and O–H groups in total. The first-order valence-electron chi connectivity index (χ1n) is 4.18. The van der Waals surface area contributed by atoms with Gasteiger partial charge in [-0.25, -0.2) is 4.79 Å². The molecular formula is C10H11ClO4. The van der Waals surface area contributed by atoms with E-state index in [2.05, 4.69) is 4.74 Å². The molecule has 0 radical (unpaired) electrons. The summed E-state index contributed by atoms with van der Waals surface area (Å²) in [4.78, 5) is 11.2. The summed E-state index contributed by atoms with van der Waals surface area (Å²) in [6, 6.07) is 4.64. The number of esters is 1. The van der Waals surface area contributed by atoms with E-state index in [4.69, 9.17) is 21.1 Å². The van der Waals surface area contributed by atoms with Gasteiger partial charge in [-0.05, 0) is 18.2 Å². The lowest BCUT2D eigenvalue weighted by Gasteiger charge is -2.06. The van der Waals surface area contributed by atoms with Crippen molar-refractivity contribution in [3.8, 4) is 5.75 Å². The van der Waals surface area contributed by atoms with Gasteiger partial charge in [-0.1, -0.05) is 11.6 Å². The van der Waals surface area contributed by atoms with Crippen molar-refractivity contribution < 1.29 is 19.0 Å². The highest BCUT2D eigenvalue weighted by Gasteiger charge is 2.08. The highest BCUT2D eigenvalue weighted by atomic mass is 35.5. The van der Waals surface area contributed by atoms with Gasteiger partial charge in [0.15, 0.2) is 6.79 Å². The Morgan fingerprint density at radius 3 is 2.67 bits per heavy atom. The lowest BCUT2D eigenvalue weighted by atomic mass is 10.2. The van der Waals surface area contributed by atoms with Gasteiger partial charge in [0.2, 0.25) is 0 Å². The first kappa shape index (κ1) is 11.8. The fourth-order valence-electron chi connectivity index (χ4n) is 1.01. The summed E-state index contributed by atoms with van der Waals surface area (Å²) in [6.45, 7) is 0.0982. The van der Waals surface area contributed by atoms with Crippen molar-refractivity contribution in [1.29, 1.82) is 0 Å². The molecule has 0 unspecified atom stereocenters. The second-order valence-corrected chi connectivity index (χ2v) is 3.15. The molecular weight excluding hydrogens is 220 g/mol. The Labute approximate surface area is 92.7 Å². The molecule has 0 aliphatic rings. The molecule has 1 aromatic carbocycles. The molecule has 15 heavy (non-hydrogen) atoms. The van der Waals surface area contributed by atoms with Gasteiger partial charge in [0.25, 0.3) is 0 Å². The van der Waals surface area contributed by atoms with Crippen LogP contribution in [0.2, 0.25) is 5.02 Å². The fraction of sp³-hybridized carbons (Fsp3) is 0.300. The minimum absolute atomic E-state index is 0.0982. The number of halogens is 1. The van der Waals surface area contributed by atoms with Crippen molar-refractivity contribution in [3.05, 3.63) is 28.8 Å². The van der Waals surface area contributed by atoms with Crippen molar-refractivity contribution in [2.45, 2.75) is 0 Å². The van der Waals surface area contributed by atoms with Crippen LogP contribution in [0.4, 0.5) is 0 Å². The Morgan fingerprint density at radius 1 is 1.33 bits per heavy atom. The summed E-state index contributed by atoms with van der Waals surface area (Å²) < 4.78 is 14.5. The molecule has 0 spiro atoms. The second-order valence-electron chi connectivity index (χ2n) is 2.72. The third-order valence-corrected chi connectivity index (χ3v) is 1.85. The molecule has 0 heterocycles. The maximum atomic E-state index is 11.2. The number of hydrogen-bond donors (Lipinski definition) is 0. The quantitative estimate of drug-likeness (QED) is 0.587. The molecule has 0 aliphatic heterocycles. The van der Waals surface area contributed by atoms with Crippen molar-refractivity contribution in [2.24, 2.45) is 0 Å². The van der Waals surface area contributed by atoms with Crippen LogP contribution in [0.25, 0.3) is 0 Å². The molecule has 0 saturated heterocycles. The Balaban J connectivity index is 2.89. The Bertz CT molecular complexity index is 351. The standard InChI is InChI=1S/C10H11ClO4/c1-13-6-15-9-4-7(10(12)14-2)3-8(11)5-9/h3-5H,6H2,1-2H3. The average molecular weight is 231 g/mol. The van der Waals surface area contributed by atoms with Gasteiger partial charge in [0.1, 0.15) is 5.75 Å². The minimum Gasteiger partial charge on any atom is -0.467 e. The van der Waals surface area contributed by atoms with Crippen LogP contribution in [-0.2, 0) is 9.47 Å². The molecule has 0 amide bonds. The van der Waals surface area contributed by atoms with E-state index in [0.29, 0.717) is 16.3 Å². The van der Waals surface area contributed by atoms with Crippen LogP contribution >= 0.6 is 11.6 Å². The Kier molecular flexibility index (Phi) is 4.39. The molecule has 1 aromatic rings. The first-order valence-corrected chi connectivity index (χ1v) is 4.56. The maximum absolute atomic E-state index is 11.2. The predicted octanol–water partition coefficient (Wildman–Crippen LogP) is 2.11. The second kappa shape index (κ2) is 5.58. The zero-order valence-electron chi connectivity index (χ0n) is 8.45. The van der Waals surface area contributed by atoms with Gasteiger partial charge < -0.3 is 14.2 Å². The zero-order chi connectivity index (χ0) is 11.3. The molecule has 4 nitrogen and oxygen atoms in total. The van der Waals surface area contributed by atoms with Crippen molar-refractivity contribution >= 4 is 17.6 Å². The molecule has 5 heteroatoms. The van der Waals surface area contributed by atoms with E-state index in [0.717, 1.165) is 0 Å². The van der Waals surface area contributed by atoms with Crippen LogP contribution in [0, 0.1) is 0 Å². The maximum Gasteiger partial charge on any atom is 0.338 e. The van der Waals surface area contributed by atoms with Crippen molar-refractivity contribution in [1.82, 2.24) is 0 Å². The lowest BCUT2D eigenvalue weighted by molar-refractivity contribution is 0.0504. The van der Waals surface area contributed by atoms with Crippen LogP contribution in [0.15, 0.2) is 18.2 Å². The van der Waals surface area contributed by atoms with Gasteiger partial charge >= 0.3 is 5.97 Å². The van der Waals surface area contributed by atoms with Crippen LogP contribution in [0.5, 0.6) is 5.75 Å². The topological polar surface area (TPSA) is 44.8 Å². The summed E-state index contributed by atoms with van der Waals surface area (Å²) in [5.41, 5.74) is 0.344. The van der Waals surface area contributed by atoms with E-state index in [-0.39, 0.29) is 6.79 Å². The largest absolute Gasteiger partial charge is 0.467 e. The number of carbonyl (C=O) groups is 1. The van der Waals surface area contributed by atoms with Crippen LogP contribution in [0.3, 0.4) is 0 Å². The monoisotopic (exact) mass is 230 g/mol. The first-order chi connectivity index (χ1) is 7.17. The van der Waals surface area contributed by atoms with Crippen molar-refractivity contribution in [2.75, 3.05) is 21.0 Å². The van der Waals surface area contributed by atoms with Crippen LogP contribution < -0.4 is 4.74 Å². The molecule has 1 rings (SSSR count). The van der Waals surface area contributed by atoms with Crippen LogP contribution in [0.1, 0.15) is 10.4 Å². The summed E-state index contributed by atoms with van der Waals surface area (Å²) in [5.74, 6) is 0.00418. The predicted molar refractivity (Wildman–Crippen MR) is 55.3 cm³/mol. The molecule has 0 aromatic heterocycles. The summed E-state index contributed by atoms with van der Waals surface area (Å²) >= 11 is 5.80. The molecule has 0 bridgehead atoms. The van der Waals surface area contributed by atoms with Gasteiger partial charge in [-0.3, -0.25) is 0 Å². The van der Waals surface area contributed by atoms with E-state index in [1.807, 2.05) is 0 Å². The number of hydrogen-bond acceptors (Lipinski definition) is 4. The Morgan fingerprint density at radius 2 is 2.07 bits per heavy atom. The van der Waals surface area contributed by atoms with Gasteiger partial charge in [0.05, 0.1) is 12.7 Å². The number of ether oxygens (including phenoxy) is 3. The molecule has 0 aliphatic carbocycles. The average Bonchev–Trinajstić information content (AvgIpc) is 2.24. The number of methoxy groups -OCH3 is 2. The summed E-state index contributed by atoms with van der Waals surface area (Å²) in [7, 11) is 2.81. The fourth-order valence-corrected chi connectivity index (χ4v) is 1.23. The Hall–Kier alpha value is -1.26. The molecule has 0 atom stereocenters. The molecule has 0 saturated carbocycles. The third kappa shape index (κ3) is 3.42. The minimum atomic E-state index is -0.459. The van der Waals surface area contributed by atoms with Crippen molar-refractivity contribution in [3.63, 3.8) is 0 Å². The number of carbonyl (C=O) groups excluding carboxylic acids is 1. The molecule has 0 fully saturated rings. The van der Waals surface area contributed by atoms with Gasteiger partial charge in [0, 0.05) is 12.1 Å². The smallest absolute Gasteiger partial charge is 0.338 e. The van der Waals surface area contributed by atoms with Gasteiger partial charge in [-0.15, -0.1) is 0 Å². The highest BCUT2D eigenvalue weighted by molar-refractivity contribution is 6.31. The van der Waals surface area contributed by atoms with Crippen LogP contribution in [-0.4, -0.2) is 27.0 Å². The third-order valence-electron chi connectivity index (χ3n) is 1.64. The summed E-state index contributed by atoms with van der Waals surface area (Å²) in [6.07, 6.45) is 0. The van der Waals surface area contributed by atoms with E-state index in [1.165, 1.54) is 26.4 Å². The van der Waals surface area contributed by atoms with E-state index >= 15 is 0 Å².